The number of benzene rings is 2. The van der Waals surface area contributed by atoms with Gasteiger partial charge in [0.1, 0.15) is 5.75 Å². The largest absolute Gasteiger partial charge is 0.494 e. The molecule has 5 nitrogen and oxygen atoms in total. The van der Waals surface area contributed by atoms with E-state index >= 15 is 0 Å². The van der Waals surface area contributed by atoms with Crippen molar-refractivity contribution >= 4 is 11.1 Å². The molecule has 108 valence electrons. The average Bonchev–Trinajstić information content (AvgIpc) is 2.86. The first-order valence-corrected chi connectivity index (χ1v) is 6.78. The van der Waals surface area contributed by atoms with Gasteiger partial charge in [-0.25, -0.2) is 4.79 Å². The average molecular weight is 284 g/mol. The number of rotatable bonds is 4. The highest BCUT2D eigenvalue weighted by Crippen LogP contribution is 2.24. The van der Waals surface area contributed by atoms with Gasteiger partial charge in [-0.2, -0.15) is 0 Å². The molecule has 0 fully saturated rings. The van der Waals surface area contributed by atoms with Crippen LogP contribution >= 0.6 is 0 Å². The fraction of sp³-hybridized carbons (Fsp3) is 0.188. The number of nitrogens with two attached hydrogens (primary N) is 1. The molecule has 0 saturated heterocycles. The standard InChI is InChI=1S/C16H16N2O3/c1-2-20-12-6-3-10(4-7-12)15(17)11-5-8-13-14(9-11)21-16(19)18-13/h3-9,15H,2,17H2,1H3,(H,18,19). The number of H-pyrrole nitrogens is 1. The molecule has 1 unspecified atom stereocenters. The summed E-state index contributed by atoms with van der Waals surface area (Å²) < 4.78 is 10.5. The van der Waals surface area contributed by atoms with E-state index in [9.17, 15) is 4.79 Å². The third kappa shape index (κ3) is 2.68. The number of oxazole rings is 1. The van der Waals surface area contributed by atoms with Crippen LogP contribution in [0.2, 0.25) is 0 Å². The molecule has 0 spiro atoms. The van der Waals surface area contributed by atoms with Gasteiger partial charge in [-0.1, -0.05) is 18.2 Å². The quantitative estimate of drug-likeness (QED) is 0.771. The van der Waals surface area contributed by atoms with Gasteiger partial charge in [-0.05, 0) is 42.3 Å². The third-order valence-corrected chi connectivity index (χ3v) is 3.35. The lowest BCUT2D eigenvalue weighted by atomic mass is 9.99. The number of hydrogen-bond donors (Lipinski definition) is 2. The van der Waals surface area contributed by atoms with Crippen LogP contribution in [-0.2, 0) is 0 Å². The number of aromatic nitrogens is 1. The second kappa shape index (κ2) is 5.46. The molecule has 0 amide bonds. The highest BCUT2D eigenvalue weighted by Gasteiger charge is 2.11. The molecule has 0 radical (unpaired) electrons. The lowest BCUT2D eigenvalue weighted by Crippen LogP contribution is -2.11. The molecule has 3 N–H and O–H groups in total. The molecule has 1 aromatic heterocycles. The van der Waals surface area contributed by atoms with Crippen LogP contribution in [-0.4, -0.2) is 11.6 Å². The second-order valence-corrected chi connectivity index (χ2v) is 4.75. The van der Waals surface area contributed by atoms with E-state index in [1.54, 1.807) is 12.1 Å². The smallest absolute Gasteiger partial charge is 0.417 e. The van der Waals surface area contributed by atoms with Gasteiger partial charge in [0.25, 0.3) is 0 Å². The van der Waals surface area contributed by atoms with Crippen LogP contribution in [0.1, 0.15) is 24.1 Å². The molecule has 1 heterocycles. The van der Waals surface area contributed by atoms with Gasteiger partial charge in [0.2, 0.25) is 0 Å². The topological polar surface area (TPSA) is 81.2 Å². The normalized spacial score (nSPS) is 12.5. The molecule has 1 atom stereocenters. The van der Waals surface area contributed by atoms with Crippen LogP contribution in [0.15, 0.2) is 51.7 Å². The monoisotopic (exact) mass is 284 g/mol. The van der Waals surface area contributed by atoms with E-state index in [1.807, 2.05) is 37.3 Å². The number of aromatic amines is 1. The molecule has 21 heavy (non-hydrogen) atoms. The van der Waals surface area contributed by atoms with Crippen LogP contribution in [0.25, 0.3) is 11.1 Å². The van der Waals surface area contributed by atoms with E-state index in [1.165, 1.54) is 0 Å². The van der Waals surface area contributed by atoms with Crippen LogP contribution in [0, 0.1) is 0 Å². The Morgan fingerprint density at radius 2 is 1.90 bits per heavy atom. The molecular weight excluding hydrogens is 268 g/mol. The predicted octanol–water partition coefficient (Wildman–Crippen LogP) is 2.57. The zero-order valence-electron chi connectivity index (χ0n) is 11.6. The van der Waals surface area contributed by atoms with Crippen molar-refractivity contribution in [1.82, 2.24) is 4.98 Å². The molecule has 5 heteroatoms. The molecule has 0 aliphatic carbocycles. The Balaban J connectivity index is 1.91. The van der Waals surface area contributed by atoms with Crippen molar-refractivity contribution in [3.05, 3.63) is 64.1 Å². The molecule has 0 aliphatic heterocycles. The lowest BCUT2D eigenvalue weighted by Gasteiger charge is -2.13. The third-order valence-electron chi connectivity index (χ3n) is 3.35. The summed E-state index contributed by atoms with van der Waals surface area (Å²) in [5.74, 6) is 0.359. The maximum atomic E-state index is 11.2. The Bertz CT molecular complexity index is 802. The first-order valence-electron chi connectivity index (χ1n) is 6.78. The highest BCUT2D eigenvalue weighted by molar-refractivity contribution is 5.73. The van der Waals surface area contributed by atoms with Crippen molar-refractivity contribution < 1.29 is 9.15 Å². The van der Waals surface area contributed by atoms with E-state index in [4.69, 9.17) is 14.9 Å². The highest BCUT2D eigenvalue weighted by atomic mass is 16.5. The maximum absolute atomic E-state index is 11.2. The van der Waals surface area contributed by atoms with E-state index in [0.717, 1.165) is 16.9 Å². The van der Waals surface area contributed by atoms with Crippen LogP contribution in [0.3, 0.4) is 0 Å². The SMILES string of the molecule is CCOc1ccc(C(N)c2ccc3[nH]c(=O)oc3c2)cc1. The van der Waals surface area contributed by atoms with Crippen LogP contribution in [0.5, 0.6) is 5.75 Å². The van der Waals surface area contributed by atoms with Crippen molar-refractivity contribution in [2.75, 3.05) is 6.61 Å². The minimum Gasteiger partial charge on any atom is -0.494 e. The minimum atomic E-state index is -0.461. The molecule has 3 rings (SSSR count). The summed E-state index contributed by atoms with van der Waals surface area (Å²) in [7, 11) is 0. The Morgan fingerprint density at radius 3 is 2.62 bits per heavy atom. The van der Waals surface area contributed by atoms with Crippen molar-refractivity contribution in [3.63, 3.8) is 0 Å². The van der Waals surface area contributed by atoms with Crippen molar-refractivity contribution in [2.24, 2.45) is 5.73 Å². The summed E-state index contributed by atoms with van der Waals surface area (Å²) >= 11 is 0. The van der Waals surface area contributed by atoms with E-state index in [0.29, 0.717) is 17.7 Å². The summed E-state index contributed by atoms with van der Waals surface area (Å²) in [6.07, 6.45) is 0. The Hall–Kier alpha value is -2.53. The van der Waals surface area contributed by atoms with Crippen molar-refractivity contribution in [2.45, 2.75) is 13.0 Å². The van der Waals surface area contributed by atoms with Gasteiger partial charge in [0.05, 0.1) is 18.2 Å². The minimum absolute atomic E-state index is 0.287. The summed E-state index contributed by atoms with van der Waals surface area (Å²) in [6, 6.07) is 12.8. The fourth-order valence-corrected chi connectivity index (χ4v) is 2.29. The summed E-state index contributed by atoms with van der Waals surface area (Å²) in [5, 5.41) is 0. The molecular formula is C16H16N2O3. The van der Waals surface area contributed by atoms with E-state index in [-0.39, 0.29) is 6.04 Å². The maximum Gasteiger partial charge on any atom is 0.417 e. The van der Waals surface area contributed by atoms with Gasteiger partial charge in [0, 0.05) is 0 Å². The Morgan fingerprint density at radius 1 is 1.19 bits per heavy atom. The molecule has 3 aromatic rings. The van der Waals surface area contributed by atoms with Crippen molar-refractivity contribution in [3.8, 4) is 5.75 Å². The lowest BCUT2D eigenvalue weighted by molar-refractivity contribution is 0.340. The van der Waals surface area contributed by atoms with Gasteiger partial charge >= 0.3 is 5.76 Å². The van der Waals surface area contributed by atoms with Crippen LogP contribution < -0.4 is 16.2 Å². The van der Waals surface area contributed by atoms with E-state index in [2.05, 4.69) is 4.98 Å². The second-order valence-electron chi connectivity index (χ2n) is 4.75. The molecule has 2 aromatic carbocycles. The van der Waals surface area contributed by atoms with Gasteiger partial charge < -0.3 is 14.9 Å². The predicted molar refractivity (Wildman–Crippen MR) is 80.5 cm³/mol. The van der Waals surface area contributed by atoms with Gasteiger partial charge in [-0.15, -0.1) is 0 Å². The van der Waals surface area contributed by atoms with E-state index < -0.39 is 5.76 Å². The molecule has 0 bridgehead atoms. The Kier molecular flexibility index (Phi) is 3.50. The zero-order chi connectivity index (χ0) is 14.8. The molecule has 0 aliphatic rings. The summed E-state index contributed by atoms with van der Waals surface area (Å²) in [4.78, 5) is 13.8. The first kappa shape index (κ1) is 13.5. The number of fused-ring (bicyclic) bond motifs is 1. The molecule has 0 saturated carbocycles. The number of hydrogen-bond acceptors (Lipinski definition) is 4. The fourth-order valence-electron chi connectivity index (χ4n) is 2.29. The Labute approximate surface area is 121 Å². The van der Waals surface area contributed by atoms with Gasteiger partial charge in [0.15, 0.2) is 5.58 Å². The first-order chi connectivity index (χ1) is 10.2. The summed E-state index contributed by atoms with van der Waals surface area (Å²) in [5.41, 5.74) is 9.30. The van der Waals surface area contributed by atoms with Crippen LogP contribution in [0.4, 0.5) is 0 Å². The summed E-state index contributed by atoms with van der Waals surface area (Å²) in [6.45, 7) is 2.58. The van der Waals surface area contributed by atoms with Crippen molar-refractivity contribution in [1.29, 1.82) is 0 Å². The van der Waals surface area contributed by atoms with Gasteiger partial charge in [-0.3, -0.25) is 4.98 Å². The zero-order valence-corrected chi connectivity index (χ0v) is 11.6. The number of ether oxygens (including phenoxy) is 1. The number of nitrogens with one attached hydrogen (secondary N) is 1.